The third kappa shape index (κ3) is 8.91. The molecule has 1 aliphatic heterocycles. The highest BCUT2D eigenvalue weighted by molar-refractivity contribution is 5.32. The molecule has 2 aromatic rings. The second-order valence-corrected chi connectivity index (χ2v) is 10.2. The lowest BCUT2D eigenvalue weighted by Gasteiger charge is -2.48. The van der Waals surface area contributed by atoms with Crippen molar-refractivity contribution < 1.29 is 0 Å². The van der Waals surface area contributed by atoms with Gasteiger partial charge in [0.15, 0.2) is 0 Å². The smallest absolute Gasteiger partial charge is 0.0602 e. The summed E-state index contributed by atoms with van der Waals surface area (Å²) in [5.41, 5.74) is 2.82. The first-order valence-corrected chi connectivity index (χ1v) is 13.8. The van der Waals surface area contributed by atoms with Crippen LogP contribution >= 0.6 is 0 Å². The topological polar surface area (TPSA) is 6.48 Å². The molecule has 1 fully saturated rings. The van der Waals surface area contributed by atoms with E-state index in [0.717, 1.165) is 0 Å². The minimum atomic E-state index is 0.378. The standard InChI is InChI=1S/C31H48N2/c1-3-4-5-6-7-8-9-10-11-12-13-20-25-32(2)30-26-33(27-30)31(28-21-16-14-17-22-28)29-23-18-15-19-24-29/h14-19,21-24,30-31H,3-13,20,25-27H2,1-2H3. The third-order valence-corrected chi connectivity index (χ3v) is 7.47. The van der Waals surface area contributed by atoms with Crippen molar-refractivity contribution in [3.05, 3.63) is 71.8 Å². The highest BCUT2D eigenvalue weighted by Crippen LogP contribution is 2.33. The number of hydrogen-bond acceptors (Lipinski definition) is 2. The fourth-order valence-electron chi connectivity index (χ4n) is 5.25. The normalized spacial score (nSPS) is 14.8. The van der Waals surface area contributed by atoms with Crippen LogP contribution in [0.1, 0.15) is 101 Å². The van der Waals surface area contributed by atoms with Crippen LogP contribution in [0.3, 0.4) is 0 Å². The van der Waals surface area contributed by atoms with Gasteiger partial charge in [0.1, 0.15) is 0 Å². The predicted molar refractivity (Wildman–Crippen MR) is 144 cm³/mol. The number of likely N-dealkylation sites (N-methyl/N-ethyl adjacent to an activating group) is 1. The van der Waals surface area contributed by atoms with E-state index >= 15 is 0 Å². The van der Waals surface area contributed by atoms with Crippen LogP contribution in [-0.4, -0.2) is 42.5 Å². The van der Waals surface area contributed by atoms with Crippen LogP contribution in [0.4, 0.5) is 0 Å². The molecule has 2 aromatic carbocycles. The molecule has 0 atom stereocenters. The van der Waals surface area contributed by atoms with Gasteiger partial charge in [0, 0.05) is 19.1 Å². The molecule has 182 valence electrons. The highest BCUT2D eigenvalue weighted by Gasteiger charge is 2.35. The van der Waals surface area contributed by atoms with Gasteiger partial charge in [-0.3, -0.25) is 4.90 Å². The molecule has 0 N–H and O–H groups in total. The van der Waals surface area contributed by atoms with Gasteiger partial charge >= 0.3 is 0 Å². The first-order chi connectivity index (χ1) is 16.3. The number of unbranched alkanes of at least 4 members (excludes halogenated alkanes) is 11. The van der Waals surface area contributed by atoms with Crippen LogP contribution in [-0.2, 0) is 0 Å². The number of nitrogens with zero attached hydrogens (tertiary/aromatic N) is 2. The lowest BCUT2D eigenvalue weighted by Crippen LogP contribution is -2.59. The molecule has 1 saturated heterocycles. The summed E-state index contributed by atoms with van der Waals surface area (Å²) in [7, 11) is 2.33. The number of likely N-dealkylation sites (tertiary alicyclic amines) is 1. The summed E-state index contributed by atoms with van der Waals surface area (Å²) in [5.74, 6) is 0. The molecule has 0 spiro atoms. The van der Waals surface area contributed by atoms with Gasteiger partial charge in [0.2, 0.25) is 0 Å². The quantitative estimate of drug-likeness (QED) is 0.226. The van der Waals surface area contributed by atoms with Crippen LogP contribution in [0, 0.1) is 0 Å². The van der Waals surface area contributed by atoms with Gasteiger partial charge in [-0.05, 0) is 31.1 Å². The first-order valence-electron chi connectivity index (χ1n) is 13.8. The van der Waals surface area contributed by atoms with Gasteiger partial charge < -0.3 is 4.90 Å². The van der Waals surface area contributed by atoms with Crippen molar-refractivity contribution in [2.45, 2.75) is 96.1 Å². The van der Waals surface area contributed by atoms with Crippen LogP contribution in [0.15, 0.2) is 60.7 Å². The Morgan fingerprint density at radius 1 is 0.667 bits per heavy atom. The first kappa shape index (κ1) is 26.0. The van der Waals surface area contributed by atoms with E-state index in [2.05, 4.69) is 84.4 Å². The molecule has 0 aliphatic carbocycles. The van der Waals surface area contributed by atoms with Crippen molar-refractivity contribution in [3.63, 3.8) is 0 Å². The Morgan fingerprint density at radius 2 is 1.09 bits per heavy atom. The number of rotatable bonds is 17. The van der Waals surface area contributed by atoms with E-state index in [0.29, 0.717) is 12.1 Å². The lowest BCUT2D eigenvalue weighted by atomic mass is 9.92. The number of hydrogen-bond donors (Lipinski definition) is 0. The minimum Gasteiger partial charge on any atom is -0.301 e. The molecular formula is C31H48N2. The van der Waals surface area contributed by atoms with Crippen molar-refractivity contribution in [1.82, 2.24) is 9.80 Å². The highest BCUT2D eigenvalue weighted by atomic mass is 15.3. The van der Waals surface area contributed by atoms with Gasteiger partial charge in [0.25, 0.3) is 0 Å². The van der Waals surface area contributed by atoms with E-state index in [4.69, 9.17) is 0 Å². The SMILES string of the molecule is CCCCCCCCCCCCCCN(C)C1CN(C(c2ccccc2)c2ccccc2)C1. The van der Waals surface area contributed by atoms with E-state index in [1.807, 2.05) is 0 Å². The maximum Gasteiger partial charge on any atom is 0.0602 e. The maximum atomic E-state index is 2.65. The van der Waals surface area contributed by atoms with Gasteiger partial charge in [-0.25, -0.2) is 0 Å². The average molecular weight is 449 g/mol. The van der Waals surface area contributed by atoms with Gasteiger partial charge in [-0.15, -0.1) is 0 Å². The molecule has 0 saturated carbocycles. The molecule has 2 heteroatoms. The Bertz CT molecular complexity index is 684. The Hall–Kier alpha value is -1.64. The van der Waals surface area contributed by atoms with E-state index in [9.17, 15) is 0 Å². The van der Waals surface area contributed by atoms with Crippen LogP contribution in [0.2, 0.25) is 0 Å². The zero-order valence-electron chi connectivity index (χ0n) is 21.4. The maximum absolute atomic E-state index is 2.65. The molecule has 0 radical (unpaired) electrons. The predicted octanol–water partition coefficient (Wildman–Crippen LogP) is 8.09. The van der Waals surface area contributed by atoms with E-state index in [1.165, 1.54) is 108 Å². The third-order valence-electron chi connectivity index (χ3n) is 7.47. The van der Waals surface area contributed by atoms with E-state index in [-0.39, 0.29) is 0 Å². The Morgan fingerprint density at radius 3 is 1.55 bits per heavy atom. The largest absolute Gasteiger partial charge is 0.301 e. The fourth-order valence-corrected chi connectivity index (χ4v) is 5.25. The zero-order valence-corrected chi connectivity index (χ0v) is 21.4. The molecule has 0 bridgehead atoms. The lowest BCUT2D eigenvalue weighted by molar-refractivity contribution is 0.0266. The van der Waals surface area contributed by atoms with Crippen molar-refractivity contribution in [3.8, 4) is 0 Å². The second-order valence-electron chi connectivity index (χ2n) is 10.2. The Kier molecular flexibility index (Phi) is 12.0. The molecule has 0 unspecified atom stereocenters. The zero-order chi connectivity index (χ0) is 23.1. The summed E-state index contributed by atoms with van der Waals surface area (Å²) in [5, 5.41) is 0. The van der Waals surface area contributed by atoms with E-state index in [1.54, 1.807) is 0 Å². The van der Waals surface area contributed by atoms with Crippen LogP contribution < -0.4 is 0 Å². The molecule has 33 heavy (non-hydrogen) atoms. The minimum absolute atomic E-state index is 0.378. The summed E-state index contributed by atoms with van der Waals surface area (Å²) in [6.07, 6.45) is 17.1. The van der Waals surface area contributed by atoms with E-state index < -0.39 is 0 Å². The summed E-state index contributed by atoms with van der Waals surface area (Å²) >= 11 is 0. The monoisotopic (exact) mass is 448 g/mol. The Balaban J connectivity index is 1.28. The molecule has 2 nitrogen and oxygen atoms in total. The molecule has 1 heterocycles. The molecule has 0 amide bonds. The summed E-state index contributed by atoms with van der Waals surface area (Å²) in [6, 6.07) is 23.1. The van der Waals surface area contributed by atoms with Crippen molar-refractivity contribution in [1.29, 1.82) is 0 Å². The molecule has 3 rings (SSSR count). The van der Waals surface area contributed by atoms with Gasteiger partial charge in [-0.1, -0.05) is 138 Å². The fraction of sp³-hybridized carbons (Fsp3) is 0.613. The van der Waals surface area contributed by atoms with Crippen LogP contribution in [0.25, 0.3) is 0 Å². The van der Waals surface area contributed by atoms with Gasteiger partial charge in [0.05, 0.1) is 6.04 Å². The van der Waals surface area contributed by atoms with Crippen molar-refractivity contribution >= 4 is 0 Å². The summed E-state index contributed by atoms with van der Waals surface area (Å²) < 4.78 is 0. The average Bonchev–Trinajstić information content (AvgIpc) is 2.82. The number of benzene rings is 2. The summed E-state index contributed by atoms with van der Waals surface area (Å²) in [6.45, 7) is 5.88. The van der Waals surface area contributed by atoms with Gasteiger partial charge in [-0.2, -0.15) is 0 Å². The van der Waals surface area contributed by atoms with Crippen molar-refractivity contribution in [2.24, 2.45) is 0 Å². The van der Waals surface area contributed by atoms with Crippen molar-refractivity contribution in [2.75, 3.05) is 26.7 Å². The second kappa shape index (κ2) is 15.3. The summed E-state index contributed by atoms with van der Waals surface area (Å²) in [4.78, 5) is 5.26. The van der Waals surface area contributed by atoms with Crippen LogP contribution in [0.5, 0.6) is 0 Å². The molecular weight excluding hydrogens is 400 g/mol. The Labute approximate surface area is 204 Å². The molecule has 0 aromatic heterocycles. The molecule has 1 aliphatic rings.